The molecule has 0 radical (unpaired) electrons. The van der Waals surface area contributed by atoms with Gasteiger partial charge in [-0.25, -0.2) is 18.4 Å². The Hall–Kier alpha value is -5.98. The van der Waals surface area contributed by atoms with Crippen molar-refractivity contribution in [1.29, 1.82) is 0 Å². The average molecular weight is 965 g/mol. The molecule has 0 saturated heterocycles. The first-order valence-electron chi connectivity index (χ1n) is 20.2. The van der Waals surface area contributed by atoms with Crippen LogP contribution in [0.25, 0.3) is 22.3 Å². The average Bonchev–Trinajstić information content (AvgIpc) is 3.98. The number of ether oxygens (including phenoxy) is 3. The molecule has 1 N–H and O–H groups in total. The Morgan fingerprint density at radius 3 is 1.48 bits per heavy atom. The molecule has 62 heavy (non-hydrogen) atoms. The Morgan fingerprint density at radius 2 is 1.03 bits per heavy atom. The van der Waals surface area contributed by atoms with Gasteiger partial charge in [0, 0.05) is 44.9 Å². The number of halogens is 4. The summed E-state index contributed by atoms with van der Waals surface area (Å²) in [6.07, 6.45) is 11.9. The van der Waals surface area contributed by atoms with Gasteiger partial charge in [-0.3, -0.25) is 9.97 Å². The second-order valence-corrected chi connectivity index (χ2v) is 16.5. The Labute approximate surface area is 375 Å². The lowest BCUT2D eigenvalue weighted by molar-refractivity contribution is 0.0525. The molecule has 0 aliphatic heterocycles. The van der Waals surface area contributed by atoms with Crippen LogP contribution in [-0.2, 0) is 18.0 Å². The molecule has 0 unspecified atom stereocenters. The number of carbonyl (C=O) groups excluding carboxylic acids is 1. The number of nitrogens with zero attached hydrogens (tertiary/aromatic N) is 2. The van der Waals surface area contributed by atoms with Crippen molar-refractivity contribution >= 4 is 66.1 Å². The molecular formula is C50H42Br2F2N2O6. The number of carboxylic acids is 1. The van der Waals surface area contributed by atoms with Crippen molar-refractivity contribution in [3.8, 4) is 11.5 Å². The molecule has 0 fully saturated rings. The molecule has 316 valence electrons. The molecule has 0 spiro atoms. The molecule has 0 saturated carbocycles. The van der Waals surface area contributed by atoms with Crippen LogP contribution in [0.1, 0.15) is 99.5 Å². The minimum atomic E-state index is -0.990. The third-order valence-electron chi connectivity index (χ3n) is 10.5. The molecule has 8 nitrogen and oxygen atoms in total. The number of esters is 1. The molecule has 12 heteroatoms. The Bertz CT molecular complexity index is 2650. The zero-order valence-electron chi connectivity index (χ0n) is 33.8. The summed E-state index contributed by atoms with van der Waals surface area (Å²) in [7, 11) is 0. The second-order valence-electron chi connectivity index (χ2n) is 14.7. The normalized spacial score (nSPS) is 13.4. The Kier molecular flexibility index (Phi) is 14.7. The number of carboxylic acid groups (broad SMARTS) is 1. The van der Waals surface area contributed by atoms with Crippen LogP contribution in [0.4, 0.5) is 8.78 Å². The lowest BCUT2D eigenvalue weighted by Crippen LogP contribution is -2.05. The first-order chi connectivity index (χ1) is 30.1. The molecule has 6 aromatic rings. The van der Waals surface area contributed by atoms with Gasteiger partial charge in [-0.05, 0) is 163 Å². The number of rotatable bonds is 13. The monoisotopic (exact) mass is 962 g/mol. The molecule has 0 amide bonds. The van der Waals surface area contributed by atoms with Crippen LogP contribution in [0.2, 0.25) is 0 Å². The van der Waals surface area contributed by atoms with Gasteiger partial charge in [-0.15, -0.1) is 0 Å². The van der Waals surface area contributed by atoms with Crippen molar-refractivity contribution in [1.82, 2.24) is 9.97 Å². The molecule has 2 aliphatic carbocycles. The summed E-state index contributed by atoms with van der Waals surface area (Å²) in [6, 6.07) is 27.9. The third-order valence-corrected chi connectivity index (χ3v) is 11.5. The van der Waals surface area contributed by atoms with E-state index in [1.165, 1.54) is 42.2 Å². The maximum absolute atomic E-state index is 13.2. The van der Waals surface area contributed by atoms with Crippen LogP contribution >= 0.6 is 31.9 Å². The smallest absolute Gasteiger partial charge is 0.339 e. The van der Waals surface area contributed by atoms with Gasteiger partial charge in [-0.1, -0.05) is 56.1 Å². The van der Waals surface area contributed by atoms with Crippen LogP contribution in [0.5, 0.6) is 11.5 Å². The summed E-state index contributed by atoms with van der Waals surface area (Å²) in [5.74, 6) is -0.401. The highest BCUT2D eigenvalue weighted by molar-refractivity contribution is 9.10. The fourth-order valence-electron chi connectivity index (χ4n) is 7.58. The van der Waals surface area contributed by atoms with Crippen LogP contribution in [0, 0.1) is 11.6 Å². The van der Waals surface area contributed by atoms with Crippen molar-refractivity contribution in [2.75, 3.05) is 6.61 Å². The predicted molar refractivity (Wildman–Crippen MR) is 242 cm³/mol. The number of benzene rings is 4. The minimum absolute atomic E-state index is 0.174. The molecule has 8 rings (SSSR count). The number of carbonyl (C=O) groups is 2. The molecule has 0 bridgehead atoms. The Balaban J connectivity index is 0.000000187. The molecule has 0 atom stereocenters. The summed E-state index contributed by atoms with van der Waals surface area (Å²) in [4.78, 5) is 31.9. The maximum atomic E-state index is 13.2. The number of pyridine rings is 2. The van der Waals surface area contributed by atoms with Gasteiger partial charge in [0.2, 0.25) is 0 Å². The largest absolute Gasteiger partial charge is 0.488 e. The van der Waals surface area contributed by atoms with Crippen LogP contribution in [-0.4, -0.2) is 33.6 Å². The van der Waals surface area contributed by atoms with Crippen molar-refractivity contribution in [3.63, 3.8) is 0 Å². The predicted octanol–water partition coefficient (Wildman–Crippen LogP) is 13.2. The van der Waals surface area contributed by atoms with E-state index in [2.05, 4.69) is 47.9 Å². The SMILES string of the molecule is CCOC(=O)c1cncc(C2=C(c3cc(Br)ccc3OCc3ccc(F)cc3)CCC2)c1.O=C(O)c1cncc(C2=C(c3cc(Br)ccc3OCc3ccc(F)cc3)CCC2)c1. The van der Waals surface area contributed by atoms with Crippen molar-refractivity contribution in [2.24, 2.45) is 0 Å². The summed E-state index contributed by atoms with van der Waals surface area (Å²) in [5, 5.41) is 9.31. The number of aromatic nitrogens is 2. The zero-order chi connectivity index (χ0) is 43.6. The maximum Gasteiger partial charge on any atom is 0.339 e. The number of allylic oxidation sites excluding steroid dienone is 4. The van der Waals surface area contributed by atoms with Gasteiger partial charge in [0.15, 0.2) is 0 Å². The summed E-state index contributed by atoms with van der Waals surface area (Å²) in [5.41, 5.74) is 10.7. The topological polar surface area (TPSA) is 108 Å². The van der Waals surface area contributed by atoms with Gasteiger partial charge in [0.25, 0.3) is 0 Å². The minimum Gasteiger partial charge on any atom is -0.488 e. The van der Waals surface area contributed by atoms with E-state index in [1.54, 1.807) is 49.6 Å². The summed E-state index contributed by atoms with van der Waals surface area (Å²) in [6.45, 7) is 2.78. The van der Waals surface area contributed by atoms with E-state index in [1.807, 2.05) is 36.4 Å². The van der Waals surface area contributed by atoms with Crippen molar-refractivity contribution in [2.45, 2.75) is 58.7 Å². The van der Waals surface area contributed by atoms with E-state index in [0.29, 0.717) is 25.4 Å². The van der Waals surface area contributed by atoms with Gasteiger partial charge >= 0.3 is 11.9 Å². The third kappa shape index (κ3) is 11.1. The summed E-state index contributed by atoms with van der Waals surface area (Å²) < 4.78 is 45.6. The lowest BCUT2D eigenvalue weighted by Gasteiger charge is -2.15. The van der Waals surface area contributed by atoms with E-state index in [4.69, 9.17) is 14.2 Å². The highest BCUT2D eigenvalue weighted by Gasteiger charge is 2.24. The standard InChI is InChI=1S/C26H23BrFNO3.C24H19BrFNO3/c1-2-31-26(30)19-12-18(14-29-15-19)22-4-3-5-23(22)24-13-20(27)8-11-25(24)32-16-17-6-9-21(28)10-7-17;25-18-6-9-23(30-14-15-4-7-19(26)8-5-15)22(11-18)21-3-1-2-20(21)16-10-17(24(28)29)13-27-12-16/h6-15H,2-5,16H2,1H3;4-13H,1-3,14H2,(H,28,29). The lowest BCUT2D eigenvalue weighted by atomic mass is 9.96. The highest BCUT2D eigenvalue weighted by Crippen LogP contribution is 2.45. The van der Waals surface area contributed by atoms with Gasteiger partial charge in [0.05, 0.1) is 17.7 Å². The van der Waals surface area contributed by atoms with Gasteiger partial charge in [0.1, 0.15) is 36.3 Å². The first-order valence-corrected chi connectivity index (χ1v) is 21.7. The molecule has 2 aliphatic rings. The Morgan fingerprint density at radius 1 is 0.597 bits per heavy atom. The van der Waals surface area contributed by atoms with E-state index in [-0.39, 0.29) is 23.2 Å². The van der Waals surface area contributed by atoms with E-state index in [9.17, 15) is 23.5 Å². The zero-order valence-corrected chi connectivity index (χ0v) is 37.0. The van der Waals surface area contributed by atoms with Gasteiger partial charge in [-0.2, -0.15) is 0 Å². The van der Waals surface area contributed by atoms with Crippen LogP contribution in [0.15, 0.2) is 131 Å². The van der Waals surface area contributed by atoms with Crippen molar-refractivity contribution < 1.29 is 37.7 Å². The molecule has 2 aromatic heterocycles. The fraction of sp³-hybridized carbons (Fsp3) is 0.200. The van der Waals surface area contributed by atoms with Crippen LogP contribution < -0.4 is 9.47 Å². The summed E-state index contributed by atoms with van der Waals surface area (Å²) >= 11 is 7.12. The van der Waals surface area contributed by atoms with E-state index >= 15 is 0 Å². The highest BCUT2D eigenvalue weighted by atomic mass is 79.9. The fourth-order valence-corrected chi connectivity index (χ4v) is 8.31. The second kappa shape index (κ2) is 20.7. The molecule has 2 heterocycles. The van der Waals surface area contributed by atoms with Crippen molar-refractivity contribution in [3.05, 3.63) is 187 Å². The van der Waals surface area contributed by atoms with Gasteiger partial charge < -0.3 is 19.3 Å². The molecule has 4 aromatic carbocycles. The van der Waals surface area contributed by atoms with E-state index in [0.717, 1.165) is 109 Å². The van der Waals surface area contributed by atoms with Crippen LogP contribution in [0.3, 0.4) is 0 Å². The quantitative estimate of drug-likeness (QED) is 0.114. The number of hydrogen-bond donors (Lipinski definition) is 1. The number of hydrogen-bond acceptors (Lipinski definition) is 7. The molecular weight excluding hydrogens is 922 g/mol. The van der Waals surface area contributed by atoms with E-state index < -0.39 is 5.97 Å². The first kappa shape index (κ1) is 44.1. The number of aromatic carboxylic acids is 1.